The molecular formula is C37H49F3N7O5P. The minimum atomic E-state index is -4.81. The van der Waals surface area contributed by atoms with Crippen LogP contribution in [0.25, 0.3) is 0 Å². The van der Waals surface area contributed by atoms with Crippen molar-refractivity contribution < 1.29 is 37.1 Å². The molecule has 1 amide bonds. The smallest absolute Gasteiger partial charge is 0.421 e. The normalized spacial score (nSPS) is 20.4. The molecule has 1 aromatic heterocycles. The number of halogens is 3. The van der Waals surface area contributed by atoms with Crippen LogP contribution >= 0.6 is 7.60 Å². The zero-order chi connectivity index (χ0) is 38.3. The summed E-state index contributed by atoms with van der Waals surface area (Å²) in [4.78, 5) is 48.7. The number of fused-ring (bicyclic) bond motifs is 1. The van der Waals surface area contributed by atoms with E-state index >= 15 is 0 Å². The van der Waals surface area contributed by atoms with E-state index in [2.05, 4.69) is 37.4 Å². The Bertz CT molecular complexity index is 1870. The molecule has 4 N–H and O–H groups in total. The third-order valence-corrected chi connectivity index (χ3v) is 13.6. The molecule has 0 atom stereocenters. The van der Waals surface area contributed by atoms with Crippen LogP contribution in [0.4, 0.5) is 36.3 Å². The minimum Gasteiger partial charge on any atom is -0.495 e. The van der Waals surface area contributed by atoms with Crippen LogP contribution in [0, 0.1) is 0 Å². The molecule has 288 valence electrons. The Morgan fingerprint density at radius 1 is 0.962 bits per heavy atom. The monoisotopic (exact) mass is 759 g/mol. The first-order valence-electron chi connectivity index (χ1n) is 18.2. The Morgan fingerprint density at radius 2 is 1.62 bits per heavy atom. The van der Waals surface area contributed by atoms with Gasteiger partial charge in [0.2, 0.25) is 5.95 Å². The number of anilines is 4. The number of nitrogens with zero attached hydrogens (tertiary/aromatic N) is 5. The maximum absolute atomic E-state index is 14.3. The van der Waals surface area contributed by atoms with Gasteiger partial charge in [0.25, 0.3) is 5.91 Å². The average Bonchev–Trinajstić information content (AvgIpc) is 3.42. The van der Waals surface area contributed by atoms with E-state index in [0.717, 1.165) is 63.0 Å². The summed E-state index contributed by atoms with van der Waals surface area (Å²) < 4.78 is 61.1. The second kappa shape index (κ2) is 15.2. The molecule has 3 aliphatic rings. The number of amides is 1. The molecule has 0 spiro atoms. The highest BCUT2D eigenvalue weighted by atomic mass is 31.2. The number of ether oxygens (including phenoxy) is 1. The van der Waals surface area contributed by atoms with Gasteiger partial charge in [0.1, 0.15) is 17.1 Å². The highest BCUT2D eigenvalue weighted by Gasteiger charge is 2.46. The number of benzene rings is 2. The van der Waals surface area contributed by atoms with E-state index in [0.29, 0.717) is 29.9 Å². The van der Waals surface area contributed by atoms with Gasteiger partial charge >= 0.3 is 13.8 Å². The number of hydrogen-bond donors (Lipinski definition) is 4. The molecule has 2 aliphatic heterocycles. The van der Waals surface area contributed by atoms with Gasteiger partial charge in [-0.1, -0.05) is 26.0 Å². The Labute approximate surface area is 308 Å². The first-order valence-corrected chi connectivity index (χ1v) is 19.8. The van der Waals surface area contributed by atoms with Crippen molar-refractivity contribution in [3.63, 3.8) is 0 Å². The number of likely N-dealkylation sites (N-methyl/N-ethyl adjacent to an activating group) is 1. The molecule has 0 bridgehead atoms. The highest BCUT2D eigenvalue weighted by molar-refractivity contribution is 7.53. The molecular weight excluding hydrogens is 710 g/mol. The maximum Gasteiger partial charge on any atom is 0.421 e. The number of rotatable bonds is 11. The van der Waals surface area contributed by atoms with Crippen molar-refractivity contribution in [2.75, 3.05) is 58.0 Å². The van der Waals surface area contributed by atoms with E-state index in [1.54, 1.807) is 37.9 Å². The molecule has 53 heavy (non-hydrogen) atoms. The number of hydrogen-bond acceptors (Lipinski definition) is 9. The number of piperazine rings is 1. The van der Waals surface area contributed by atoms with Crippen molar-refractivity contribution >= 4 is 36.6 Å². The molecule has 1 aliphatic carbocycles. The molecule has 2 fully saturated rings. The van der Waals surface area contributed by atoms with E-state index in [4.69, 9.17) is 4.74 Å². The predicted molar refractivity (Wildman–Crippen MR) is 197 cm³/mol. The van der Waals surface area contributed by atoms with Gasteiger partial charge in [-0.05, 0) is 86.4 Å². The third kappa shape index (κ3) is 7.64. The van der Waals surface area contributed by atoms with Gasteiger partial charge in [-0.3, -0.25) is 14.3 Å². The van der Waals surface area contributed by atoms with Crippen molar-refractivity contribution in [2.45, 2.75) is 82.2 Å². The largest absolute Gasteiger partial charge is 0.495 e. The van der Waals surface area contributed by atoms with Crippen LogP contribution < -0.4 is 15.4 Å². The van der Waals surface area contributed by atoms with Crippen molar-refractivity contribution in [1.82, 2.24) is 24.7 Å². The Morgan fingerprint density at radius 3 is 2.23 bits per heavy atom. The van der Waals surface area contributed by atoms with Gasteiger partial charge in [0.15, 0.2) is 0 Å². The summed E-state index contributed by atoms with van der Waals surface area (Å²) in [5, 5.41) is 4.31. The summed E-state index contributed by atoms with van der Waals surface area (Å²) in [6.07, 6.45) is 0.292. The van der Waals surface area contributed by atoms with E-state index < -0.39 is 30.3 Å². The van der Waals surface area contributed by atoms with Crippen molar-refractivity contribution in [3.05, 3.63) is 64.3 Å². The number of alkyl halides is 3. The molecule has 0 radical (unpaired) electrons. The fourth-order valence-electron chi connectivity index (χ4n) is 8.32. The first-order chi connectivity index (χ1) is 25.1. The van der Waals surface area contributed by atoms with E-state index in [-0.39, 0.29) is 47.7 Å². The van der Waals surface area contributed by atoms with Crippen LogP contribution in [0.15, 0.2) is 36.5 Å². The highest BCUT2D eigenvalue weighted by Crippen LogP contribution is 2.61. The number of nitrogens with one attached hydrogen (secondary N) is 2. The predicted octanol–water partition coefficient (Wildman–Crippen LogP) is 7.04. The SMILES string of the molecule is CCC(CC)(c1ccc(Nc2ncc(C(F)(F)F)c(Nc3ccc([C@H]4CC[C@@H](N5CCN(C)CC5)CC4)c4c3C(=O)N(C)C4)n2)c(OC)c1)P(=O)(O)O. The van der Waals surface area contributed by atoms with Gasteiger partial charge in [-0.15, -0.1) is 0 Å². The van der Waals surface area contributed by atoms with Gasteiger partial charge < -0.3 is 35.0 Å². The average molecular weight is 760 g/mol. The summed E-state index contributed by atoms with van der Waals surface area (Å²) >= 11 is 0. The van der Waals surface area contributed by atoms with Crippen molar-refractivity contribution in [2.24, 2.45) is 0 Å². The first kappa shape index (κ1) is 39.0. The Kier molecular flexibility index (Phi) is 11.2. The number of aromatic nitrogens is 2. The lowest BCUT2D eigenvalue weighted by Crippen LogP contribution is -2.49. The van der Waals surface area contributed by atoms with Crippen molar-refractivity contribution in [3.8, 4) is 5.75 Å². The molecule has 6 rings (SSSR count). The fraction of sp³-hybridized carbons (Fsp3) is 0.541. The van der Waals surface area contributed by atoms with Gasteiger partial charge in [0, 0.05) is 52.0 Å². The van der Waals surface area contributed by atoms with Gasteiger partial charge in [-0.2, -0.15) is 18.2 Å². The standard InChI is InChI=1S/C37H49F3N7O5P/c1-6-36(7-2,53(49,50)51)24-10-14-29(31(20-24)52-5)43-35-41-21-28(37(38,39)40)33(44-35)42-30-15-13-26(27-22-46(4)34(48)32(27)30)23-8-11-25(12-9-23)47-18-16-45(3)17-19-47/h10,13-15,20-21,23,25H,6-9,11-12,16-19,22H2,1-5H3,(H2,49,50,51)(H2,41,42,43,44)/t23-,25+. The topological polar surface area (TPSA) is 143 Å². The number of carbonyl (C=O) groups is 1. The zero-order valence-corrected chi connectivity index (χ0v) is 31.7. The van der Waals surface area contributed by atoms with Gasteiger partial charge in [0.05, 0.1) is 29.2 Å². The molecule has 1 saturated carbocycles. The Balaban J connectivity index is 1.28. The Hall–Kier alpha value is -3.75. The molecule has 3 aromatic rings. The molecule has 0 unspecified atom stereocenters. The zero-order valence-electron chi connectivity index (χ0n) is 30.8. The fourth-order valence-corrected chi connectivity index (χ4v) is 9.62. The van der Waals surface area contributed by atoms with Crippen molar-refractivity contribution in [1.29, 1.82) is 0 Å². The summed E-state index contributed by atoms with van der Waals surface area (Å²) in [6.45, 7) is 8.03. The third-order valence-electron chi connectivity index (χ3n) is 11.6. The summed E-state index contributed by atoms with van der Waals surface area (Å²) in [7, 11) is 0.633. The summed E-state index contributed by atoms with van der Waals surface area (Å²) in [5.74, 6) is -0.545. The number of carbonyl (C=O) groups excluding carboxylic acids is 1. The maximum atomic E-state index is 14.3. The van der Waals surface area contributed by atoms with Crippen LogP contribution in [0.5, 0.6) is 5.75 Å². The summed E-state index contributed by atoms with van der Waals surface area (Å²) in [5.41, 5.74) is 2.02. The minimum absolute atomic E-state index is 0.168. The molecule has 2 aromatic carbocycles. The lowest BCUT2D eigenvalue weighted by molar-refractivity contribution is -0.137. The molecule has 1 saturated heterocycles. The second-order valence-corrected chi connectivity index (χ2v) is 16.4. The van der Waals surface area contributed by atoms with E-state index in [1.807, 2.05) is 6.07 Å². The second-order valence-electron chi connectivity index (χ2n) is 14.5. The van der Waals surface area contributed by atoms with Crippen LogP contribution in [-0.4, -0.2) is 93.8 Å². The molecule has 12 nitrogen and oxygen atoms in total. The quantitative estimate of drug-likeness (QED) is 0.150. The van der Waals surface area contributed by atoms with E-state index in [1.165, 1.54) is 19.2 Å². The van der Waals surface area contributed by atoms with Crippen LogP contribution in [0.1, 0.15) is 90.9 Å². The van der Waals surface area contributed by atoms with E-state index in [9.17, 15) is 32.3 Å². The summed E-state index contributed by atoms with van der Waals surface area (Å²) in [6, 6.07) is 8.74. The molecule has 16 heteroatoms. The van der Waals surface area contributed by atoms with Crippen LogP contribution in [-0.2, 0) is 22.4 Å². The lowest BCUT2D eigenvalue weighted by atomic mass is 9.78. The van der Waals surface area contributed by atoms with Gasteiger partial charge in [-0.25, -0.2) is 4.98 Å². The molecule has 3 heterocycles. The number of methoxy groups -OCH3 is 1. The lowest BCUT2D eigenvalue weighted by Gasteiger charge is -2.41. The van der Waals surface area contributed by atoms with Crippen LogP contribution in [0.2, 0.25) is 0 Å². The van der Waals surface area contributed by atoms with Crippen LogP contribution in [0.3, 0.4) is 0 Å².